The average Bonchev–Trinajstić information content (AvgIpc) is 2.84. The molecule has 0 spiro atoms. The van der Waals surface area contributed by atoms with Crippen LogP contribution in [0, 0.1) is 5.53 Å². The van der Waals surface area contributed by atoms with Crippen molar-refractivity contribution < 1.29 is 4.42 Å². The van der Waals surface area contributed by atoms with Crippen molar-refractivity contribution in [3.63, 3.8) is 0 Å². The van der Waals surface area contributed by atoms with Gasteiger partial charge in [0.25, 0.3) is 0 Å². The topological polar surface area (TPSA) is 76.3 Å². The number of para-hydroxylation sites is 2. The minimum atomic E-state index is 0.575. The molecule has 0 amide bonds. The number of hydrogen-bond acceptors (Lipinski definition) is 4. The number of benzene rings is 2. The van der Waals surface area contributed by atoms with Crippen LogP contribution in [0.3, 0.4) is 0 Å². The number of rotatable bonds is 2. The second-order valence-corrected chi connectivity index (χ2v) is 3.73. The van der Waals surface area contributed by atoms with Gasteiger partial charge < -0.3 is 4.42 Å². The molecule has 1 N–H and O–H groups in total. The summed E-state index contributed by atoms with van der Waals surface area (Å²) in [5.41, 5.74) is 9.76. The molecule has 0 atom stereocenters. The highest BCUT2D eigenvalue weighted by Gasteiger charge is 2.07. The van der Waals surface area contributed by atoms with Gasteiger partial charge in [-0.3, -0.25) is 0 Å². The van der Waals surface area contributed by atoms with Crippen LogP contribution in [0.25, 0.3) is 22.6 Å². The van der Waals surface area contributed by atoms with Crippen LogP contribution in [0.4, 0.5) is 5.69 Å². The lowest BCUT2D eigenvalue weighted by Crippen LogP contribution is -1.75. The summed E-state index contributed by atoms with van der Waals surface area (Å²) in [5.74, 6) is 0.575. The maximum Gasteiger partial charge on any atom is 0.227 e. The first-order valence-electron chi connectivity index (χ1n) is 5.40. The third kappa shape index (κ3) is 1.79. The Morgan fingerprint density at radius 3 is 2.56 bits per heavy atom. The number of hydrogen-bond donors (Lipinski definition) is 1. The lowest BCUT2D eigenvalue weighted by molar-refractivity contribution is 0.620. The molecule has 0 aliphatic rings. The molecule has 0 radical (unpaired) electrons. The van der Waals surface area contributed by atoms with Crippen molar-refractivity contribution in [2.45, 2.75) is 0 Å². The highest BCUT2D eigenvalue weighted by molar-refractivity contribution is 5.76. The normalized spacial score (nSPS) is 10.2. The maximum atomic E-state index is 6.66. The van der Waals surface area contributed by atoms with E-state index in [-0.39, 0.29) is 0 Å². The van der Waals surface area contributed by atoms with Crippen LogP contribution in [0.1, 0.15) is 0 Å². The summed E-state index contributed by atoms with van der Waals surface area (Å²) < 4.78 is 5.65. The Morgan fingerprint density at radius 1 is 1.06 bits per heavy atom. The molecule has 0 saturated carbocycles. The number of nitrogens with one attached hydrogen (secondary N) is 1. The van der Waals surface area contributed by atoms with E-state index in [0.29, 0.717) is 11.6 Å². The summed E-state index contributed by atoms with van der Waals surface area (Å²) in [5, 5.41) is 3.62. The second kappa shape index (κ2) is 4.24. The van der Waals surface area contributed by atoms with E-state index in [1.807, 2.05) is 36.4 Å². The van der Waals surface area contributed by atoms with E-state index in [0.717, 1.165) is 16.7 Å². The number of fused-ring (bicyclic) bond motifs is 1. The van der Waals surface area contributed by atoms with Gasteiger partial charge in [0, 0.05) is 5.56 Å². The minimum absolute atomic E-state index is 0.575. The van der Waals surface area contributed by atoms with Gasteiger partial charge in [0.05, 0.1) is 0 Å². The van der Waals surface area contributed by atoms with E-state index in [9.17, 15) is 0 Å². The fraction of sp³-hybridized carbons (Fsp3) is 0. The molecule has 0 aliphatic heterocycles. The molecule has 1 heterocycles. The minimum Gasteiger partial charge on any atom is -0.436 e. The quantitative estimate of drug-likeness (QED) is 0.545. The van der Waals surface area contributed by atoms with Gasteiger partial charge in [-0.1, -0.05) is 12.1 Å². The van der Waals surface area contributed by atoms with Gasteiger partial charge in [-0.05, 0) is 36.4 Å². The van der Waals surface area contributed by atoms with Crippen molar-refractivity contribution >= 4 is 16.8 Å². The van der Waals surface area contributed by atoms with Crippen LogP contribution in [0.15, 0.2) is 58.1 Å². The number of oxazole rings is 1. The molecule has 3 rings (SSSR count). The Kier molecular flexibility index (Phi) is 2.44. The Labute approximate surface area is 102 Å². The Balaban J connectivity index is 2.05. The zero-order chi connectivity index (χ0) is 12.4. The first-order chi connectivity index (χ1) is 8.86. The summed E-state index contributed by atoms with van der Waals surface area (Å²) >= 11 is 0. The number of nitrogens with zero attached hydrogens (tertiary/aromatic N) is 3. The summed E-state index contributed by atoms with van der Waals surface area (Å²) in [4.78, 5) is 7.38. The molecule has 18 heavy (non-hydrogen) atoms. The molecule has 86 valence electrons. The van der Waals surface area contributed by atoms with Gasteiger partial charge in [0.15, 0.2) is 16.4 Å². The van der Waals surface area contributed by atoms with Gasteiger partial charge in [0.2, 0.25) is 10.8 Å². The zero-order valence-electron chi connectivity index (χ0n) is 9.37. The highest BCUT2D eigenvalue weighted by Crippen LogP contribution is 2.25. The van der Waals surface area contributed by atoms with Crippen molar-refractivity contribution in [1.29, 1.82) is 5.53 Å². The SMILES string of the molecule is N=[N+]=Nc1ccc(-c2nc3ccccc3o2)cc1. The predicted octanol–water partition coefficient (Wildman–Crippen LogP) is 3.68. The summed E-state index contributed by atoms with van der Waals surface area (Å²) in [7, 11) is 0. The molecule has 3 aromatic rings. The largest absolute Gasteiger partial charge is 0.436 e. The highest BCUT2D eigenvalue weighted by atomic mass is 16.3. The molecule has 0 fully saturated rings. The van der Waals surface area contributed by atoms with Crippen molar-refractivity contribution in [2.75, 3.05) is 0 Å². The van der Waals surface area contributed by atoms with E-state index >= 15 is 0 Å². The predicted molar refractivity (Wildman–Crippen MR) is 66.4 cm³/mol. The van der Waals surface area contributed by atoms with E-state index in [4.69, 9.17) is 9.95 Å². The molecular weight excluding hydrogens is 228 g/mol. The third-order valence-corrected chi connectivity index (χ3v) is 2.57. The molecule has 0 bridgehead atoms. The molecule has 2 aromatic carbocycles. The Morgan fingerprint density at radius 2 is 1.83 bits per heavy atom. The van der Waals surface area contributed by atoms with Crippen molar-refractivity contribution in [1.82, 2.24) is 9.90 Å². The van der Waals surface area contributed by atoms with Crippen LogP contribution in [-0.2, 0) is 0 Å². The molecule has 0 aliphatic carbocycles. The van der Waals surface area contributed by atoms with Gasteiger partial charge in [-0.15, -0.1) is 0 Å². The number of aromatic nitrogens is 1. The van der Waals surface area contributed by atoms with Gasteiger partial charge in [-0.25, -0.2) is 4.98 Å². The van der Waals surface area contributed by atoms with Crippen LogP contribution < -0.4 is 4.91 Å². The molecule has 5 nitrogen and oxygen atoms in total. The third-order valence-electron chi connectivity index (χ3n) is 2.57. The van der Waals surface area contributed by atoms with Crippen LogP contribution >= 0.6 is 0 Å². The van der Waals surface area contributed by atoms with Crippen molar-refractivity contribution in [2.24, 2.45) is 5.11 Å². The fourth-order valence-corrected chi connectivity index (χ4v) is 1.72. The first kappa shape index (κ1) is 10.4. The summed E-state index contributed by atoms with van der Waals surface area (Å²) in [6.45, 7) is 0. The van der Waals surface area contributed by atoms with Crippen LogP contribution in [0.2, 0.25) is 0 Å². The van der Waals surface area contributed by atoms with Crippen LogP contribution in [-0.4, -0.2) is 4.98 Å². The molecule has 5 heteroatoms. The lowest BCUT2D eigenvalue weighted by Gasteiger charge is -1.92. The average molecular weight is 237 g/mol. The Hall–Kier alpha value is -2.78. The Bertz CT molecular complexity index is 706. The van der Waals surface area contributed by atoms with Gasteiger partial charge in [-0.2, -0.15) is 0 Å². The lowest BCUT2D eigenvalue weighted by atomic mass is 10.2. The zero-order valence-corrected chi connectivity index (χ0v) is 9.37. The molecule has 0 unspecified atom stereocenters. The van der Waals surface area contributed by atoms with Crippen molar-refractivity contribution in [3.05, 3.63) is 48.5 Å². The summed E-state index contributed by atoms with van der Waals surface area (Å²) in [6, 6.07) is 14.8. The standard InChI is InChI=1S/C13H9N4O/c14-17-16-10-7-5-9(6-8-10)13-15-11-3-1-2-4-12(11)18-13/h1-8,14H/q+1. The van der Waals surface area contributed by atoms with E-state index in [1.165, 1.54) is 0 Å². The van der Waals surface area contributed by atoms with E-state index < -0.39 is 0 Å². The molecule has 1 aromatic heterocycles. The maximum absolute atomic E-state index is 6.66. The second-order valence-electron chi connectivity index (χ2n) is 3.73. The van der Waals surface area contributed by atoms with E-state index in [2.05, 4.69) is 15.0 Å². The molecule has 0 saturated heterocycles. The summed E-state index contributed by atoms with van der Waals surface area (Å²) in [6.07, 6.45) is 0. The smallest absolute Gasteiger partial charge is 0.227 e. The monoisotopic (exact) mass is 237 g/mol. The van der Waals surface area contributed by atoms with Gasteiger partial charge in [0.1, 0.15) is 11.0 Å². The van der Waals surface area contributed by atoms with Gasteiger partial charge >= 0.3 is 0 Å². The fourth-order valence-electron chi connectivity index (χ4n) is 1.72. The first-order valence-corrected chi connectivity index (χ1v) is 5.40. The van der Waals surface area contributed by atoms with E-state index in [1.54, 1.807) is 12.1 Å². The van der Waals surface area contributed by atoms with Crippen molar-refractivity contribution in [3.8, 4) is 11.5 Å². The van der Waals surface area contributed by atoms with Crippen LogP contribution in [0.5, 0.6) is 0 Å². The molecular formula is C13H9N4O+.